The van der Waals surface area contributed by atoms with Gasteiger partial charge in [-0.25, -0.2) is 0 Å². The van der Waals surface area contributed by atoms with E-state index >= 15 is 0 Å². The predicted molar refractivity (Wildman–Crippen MR) is 90.8 cm³/mol. The Bertz CT molecular complexity index is 676. The fourth-order valence-electron chi connectivity index (χ4n) is 2.96. The van der Waals surface area contributed by atoms with Crippen LogP contribution in [0.3, 0.4) is 0 Å². The Morgan fingerprint density at radius 3 is 1.62 bits per heavy atom. The number of nitro benzene ring substituents is 2. The minimum absolute atomic E-state index is 0.0187. The van der Waals surface area contributed by atoms with Crippen LogP contribution in [0, 0.1) is 34.1 Å². The van der Waals surface area contributed by atoms with Gasteiger partial charge in [0.05, 0.1) is 16.4 Å². The summed E-state index contributed by atoms with van der Waals surface area (Å²) in [6.45, 7) is 8.03. The lowest BCUT2D eigenvalue weighted by Gasteiger charge is -2.23. The Hall–Kier alpha value is -2.35. The van der Waals surface area contributed by atoms with Crippen LogP contribution in [-0.4, -0.2) is 41.2 Å². The molecule has 132 valence electrons. The summed E-state index contributed by atoms with van der Waals surface area (Å²) in [4.78, 5) is 36.1. The Morgan fingerprint density at radius 2 is 1.38 bits per heavy atom. The summed E-state index contributed by atoms with van der Waals surface area (Å²) in [7, 11) is 3.38. The molecule has 1 aromatic carbocycles. The molecule has 1 aromatic rings. The van der Waals surface area contributed by atoms with Crippen molar-refractivity contribution >= 4 is 17.2 Å². The third-order valence-electron chi connectivity index (χ3n) is 3.79. The molecule has 24 heavy (non-hydrogen) atoms. The molecule has 0 bridgehead atoms. The van der Waals surface area contributed by atoms with E-state index in [4.69, 9.17) is 0 Å². The second-order valence-electron chi connectivity index (χ2n) is 7.12. The highest BCUT2D eigenvalue weighted by atomic mass is 16.6. The van der Waals surface area contributed by atoms with Crippen molar-refractivity contribution in [3.8, 4) is 0 Å². The molecule has 0 atom stereocenters. The maximum absolute atomic E-state index is 12.5. The van der Waals surface area contributed by atoms with Gasteiger partial charge in [0.1, 0.15) is 5.56 Å². The summed E-state index contributed by atoms with van der Waals surface area (Å²) in [6, 6.07) is 0. The maximum atomic E-state index is 12.5. The molecule has 0 saturated heterocycles. The van der Waals surface area contributed by atoms with Gasteiger partial charge in [-0.1, -0.05) is 20.8 Å². The molecule has 0 N–H and O–H groups in total. The monoisotopic (exact) mass is 337 g/mol. The number of nitro groups is 2. The first-order chi connectivity index (χ1) is 10.8. The number of hydrogen-bond acceptors (Lipinski definition) is 6. The number of rotatable bonds is 5. The number of carbonyl (C=O) groups excluding carboxylic acids is 1. The lowest BCUT2D eigenvalue weighted by Crippen LogP contribution is -2.25. The summed E-state index contributed by atoms with van der Waals surface area (Å²) >= 11 is 0. The van der Waals surface area contributed by atoms with E-state index in [1.807, 2.05) is 0 Å². The molecule has 8 heteroatoms. The average molecular weight is 337 g/mol. The number of benzene rings is 1. The number of carbonyl (C=O) groups is 1. The van der Waals surface area contributed by atoms with E-state index in [-0.39, 0.29) is 46.0 Å². The Kier molecular flexibility index (Phi) is 5.45. The third-order valence-corrected chi connectivity index (χ3v) is 3.79. The molecule has 0 aliphatic heterocycles. The first-order valence-corrected chi connectivity index (χ1v) is 7.45. The molecule has 0 spiro atoms. The molecule has 0 fully saturated rings. The highest BCUT2D eigenvalue weighted by Gasteiger charge is 2.40. The van der Waals surface area contributed by atoms with Crippen LogP contribution in [0.15, 0.2) is 0 Å². The zero-order chi connectivity index (χ0) is 19.0. The van der Waals surface area contributed by atoms with Gasteiger partial charge in [0.15, 0.2) is 5.78 Å². The molecular weight excluding hydrogens is 314 g/mol. The second-order valence-corrected chi connectivity index (χ2v) is 7.12. The second kappa shape index (κ2) is 6.64. The zero-order valence-electron chi connectivity index (χ0n) is 15.1. The molecule has 1 rings (SSSR count). The lowest BCUT2D eigenvalue weighted by molar-refractivity contribution is -0.397. The first kappa shape index (κ1) is 19.7. The Balaban J connectivity index is 4.01. The largest absolute Gasteiger partial charge is 0.302 e. The number of likely N-dealkylation sites (N-methyl/N-ethyl adjacent to an activating group) is 1. The number of nitrogens with zero attached hydrogens (tertiary/aromatic N) is 3. The normalized spacial score (nSPS) is 11.7. The Labute approximate surface area is 140 Å². The van der Waals surface area contributed by atoms with Gasteiger partial charge >= 0.3 is 0 Å². The van der Waals surface area contributed by atoms with Crippen LogP contribution in [0.25, 0.3) is 0 Å². The number of hydrogen-bond donors (Lipinski definition) is 0. The summed E-state index contributed by atoms with van der Waals surface area (Å²) in [5, 5.41) is 23.3. The van der Waals surface area contributed by atoms with E-state index in [0.29, 0.717) is 0 Å². The molecule has 0 heterocycles. The molecule has 0 aliphatic rings. The van der Waals surface area contributed by atoms with E-state index in [1.54, 1.807) is 39.8 Å². The molecule has 0 unspecified atom stereocenters. The average Bonchev–Trinajstić information content (AvgIpc) is 2.34. The first-order valence-electron chi connectivity index (χ1n) is 7.45. The van der Waals surface area contributed by atoms with Crippen LogP contribution in [0.2, 0.25) is 0 Å². The van der Waals surface area contributed by atoms with Crippen molar-refractivity contribution in [3.05, 3.63) is 42.5 Å². The summed E-state index contributed by atoms with van der Waals surface area (Å²) in [5.74, 6) is -0.373. The van der Waals surface area contributed by atoms with Gasteiger partial charge in [-0.05, 0) is 27.9 Å². The van der Waals surface area contributed by atoms with Gasteiger partial charge in [0.2, 0.25) is 0 Å². The van der Waals surface area contributed by atoms with Crippen LogP contribution in [0.4, 0.5) is 11.4 Å². The van der Waals surface area contributed by atoms with Gasteiger partial charge in [-0.3, -0.25) is 25.0 Å². The van der Waals surface area contributed by atoms with Crippen molar-refractivity contribution in [1.82, 2.24) is 4.90 Å². The Morgan fingerprint density at radius 1 is 1.00 bits per heavy atom. The fourth-order valence-corrected chi connectivity index (χ4v) is 2.96. The van der Waals surface area contributed by atoms with Crippen LogP contribution >= 0.6 is 0 Å². The zero-order valence-corrected chi connectivity index (χ0v) is 15.1. The maximum Gasteiger partial charge on any atom is 0.283 e. The van der Waals surface area contributed by atoms with Crippen molar-refractivity contribution in [3.63, 3.8) is 0 Å². The van der Waals surface area contributed by atoms with Crippen molar-refractivity contribution in [2.75, 3.05) is 20.6 Å². The van der Waals surface area contributed by atoms with Crippen molar-refractivity contribution < 1.29 is 14.6 Å². The van der Waals surface area contributed by atoms with Crippen LogP contribution in [-0.2, 0) is 5.41 Å². The lowest BCUT2D eigenvalue weighted by atomic mass is 9.79. The van der Waals surface area contributed by atoms with E-state index in [9.17, 15) is 25.0 Å². The molecule has 0 aromatic heterocycles. The highest BCUT2D eigenvalue weighted by molar-refractivity contribution is 6.02. The van der Waals surface area contributed by atoms with Crippen molar-refractivity contribution in [2.24, 2.45) is 0 Å². The molecular formula is C16H23N3O5. The van der Waals surface area contributed by atoms with Crippen LogP contribution in [0.1, 0.15) is 47.8 Å². The standard InChI is InChI=1S/C16H23N3O5/c1-9-12(11(20)8-17(6)7)10(2)15(19(23)24)13(16(3,4)5)14(9)18(21)22/h8H2,1-7H3. The van der Waals surface area contributed by atoms with Gasteiger partial charge in [-0.15, -0.1) is 0 Å². The minimum Gasteiger partial charge on any atom is -0.302 e. The smallest absolute Gasteiger partial charge is 0.283 e. The molecule has 0 saturated carbocycles. The van der Waals surface area contributed by atoms with Crippen molar-refractivity contribution in [2.45, 2.75) is 40.0 Å². The van der Waals surface area contributed by atoms with Crippen LogP contribution < -0.4 is 0 Å². The van der Waals surface area contributed by atoms with Crippen molar-refractivity contribution in [1.29, 1.82) is 0 Å². The number of Topliss-reactive ketones (excluding diaryl/α,β-unsaturated/α-hetero) is 1. The number of ketones is 1. The van der Waals surface area contributed by atoms with Crippen LogP contribution in [0.5, 0.6) is 0 Å². The van der Waals surface area contributed by atoms with E-state index < -0.39 is 15.3 Å². The topological polar surface area (TPSA) is 107 Å². The molecule has 8 nitrogen and oxygen atoms in total. The minimum atomic E-state index is -0.816. The van der Waals surface area contributed by atoms with Gasteiger partial charge in [0.25, 0.3) is 11.4 Å². The van der Waals surface area contributed by atoms with Gasteiger partial charge in [0, 0.05) is 22.1 Å². The highest BCUT2D eigenvalue weighted by Crippen LogP contribution is 2.44. The van der Waals surface area contributed by atoms with E-state index in [2.05, 4.69) is 0 Å². The third kappa shape index (κ3) is 3.59. The summed E-state index contributed by atoms with van der Waals surface area (Å²) in [5.41, 5.74) is -1.03. The fraction of sp³-hybridized carbons (Fsp3) is 0.562. The molecule has 0 radical (unpaired) electrons. The molecule has 0 aliphatic carbocycles. The van der Waals surface area contributed by atoms with Gasteiger partial charge < -0.3 is 4.90 Å². The SMILES string of the molecule is Cc1c(C(=O)CN(C)C)c(C)c([N+](=O)[O-])c(C(C)(C)C)c1[N+](=O)[O-]. The van der Waals surface area contributed by atoms with Gasteiger partial charge in [-0.2, -0.15) is 0 Å². The molecule has 0 amide bonds. The van der Waals surface area contributed by atoms with E-state index in [0.717, 1.165) is 0 Å². The summed E-state index contributed by atoms with van der Waals surface area (Å²) < 4.78 is 0. The summed E-state index contributed by atoms with van der Waals surface area (Å²) in [6.07, 6.45) is 0. The quantitative estimate of drug-likeness (QED) is 0.464. The predicted octanol–water partition coefficient (Wildman–Crippen LogP) is 3.16. The van der Waals surface area contributed by atoms with E-state index in [1.165, 1.54) is 13.8 Å².